The minimum atomic E-state index is -4.94. The van der Waals surface area contributed by atoms with E-state index in [9.17, 15) is 22.4 Å². The molecule has 220 valence electrons. The smallest absolute Gasteiger partial charge is 0.383 e. The number of methoxy groups -OCH3 is 1. The van der Waals surface area contributed by atoms with Crippen molar-refractivity contribution in [2.45, 2.75) is 19.6 Å². The van der Waals surface area contributed by atoms with Crippen LogP contribution in [0.15, 0.2) is 61.1 Å². The molecule has 1 aliphatic rings. The number of hydrazine groups is 2. The molecule has 0 fully saturated rings. The van der Waals surface area contributed by atoms with Gasteiger partial charge in [0.05, 0.1) is 23.6 Å². The minimum absolute atomic E-state index is 0.106. The van der Waals surface area contributed by atoms with Gasteiger partial charge in [0.1, 0.15) is 11.5 Å². The highest BCUT2D eigenvalue weighted by atomic mass is 19.4. The van der Waals surface area contributed by atoms with Gasteiger partial charge >= 0.3 is 6.18 Å². The fourth-order valence-electron chi connectivity index (χ4n) is 4.59. The Morgan fingerprint density at radius 3 is 2.74 bits per heavy atom. The number of likely N-dealkylation sites (N-methyl/N-ethyl adjacent to an activating group) is 1. The Balaban J connectivity index is 1.39. The lowest BCUT2D eigenvalue weighted by molar-refractivity contribution is -0.140. The second-order valence-electron chi connectivity index (χ2n) is 9.97. The first-order valence-corrected chi connectivity index (χ1v) is 13.0. The molecule has 0 spiro atoms. The molecule has 4 aromatic rings. The monoisotopic (exact) mass is 583 g/mol. The van der Waals surface area contributed by atoms with Gasteiger partial charge in [-0.25, -0.2) is 9.37 Å². The van der Waals surface area contributed by atoms with Gasteiger partial charge in [0.2, 0.25) is 0 Å². The number of carbonyl (C=O) groups is 1. The van der Waals surface area contributed by atoms with Crippen LogP contribution in [0.1, 0.15) is 32.6 Å². The van der Waals surface area contributed by atoms with Crippen molar-refractivity contribution in [1.29, 1.82) is 0 Å². The van der Waals surface area contributed by atoms with Crippen LogP contribution >= 0.6 is 0 Å². The molecule has 1 amide bonds. The highest BCUT2D eigenvalue weighted by Gasteiger charge is 2.36. The van der Waals surface area contributed by atoms with Crippen LogP contribution in [0.25, 0.3) is 16.7 Å². The Morgan fingerprint density at radius 1 is 1.17 bits per heavy atom. The van der Waals surface area contributed by atoms with Crippen LogP contribution in [0.3, 0.4) is 0 Å². The Morgan fingerprint density at radius 2 is 1.98 bits per heavy atom. The summed E-state index contributed by atoms with van der Waals surface area (Å²) in [7, 11) is 3.14. The lowest BCUT2D eigenvalue weighted by Crippen LogP contribution is -2.36. The van der Waals surface area contributed by atoms with Crippen LogP contribution < -0.4 is 21.3 Å². The third-order valence-electron chi connectivity index (χ3n) is 6.84. The predicted molar refractivity (Wildman–Crippen MR) is 152 cm³/mol. The summed E-state index contributed by atoms with van der Waals surface area (Å²) in [5.41, 5.74) is 8.33. The van der Waals surface area contributed by atoms with Crippen molar-refractivity contribution in [2.75, 3.05) is 37.6 Å². The Kier molecular flexibility index (Phi) is 8.16. The van der Waals surface area contributed by atoms with Crippen molar-refractivity contribution < 1.29 is 27.1 Å². The molecule has 2 aromatic heterocycles. The van der Waals surface area contributed by atoms with E-state index in [0.717, 1.165) is 27.9 Å². The van der Waals surface area contributed by atoms with Gasteiger partial charge in [-0.05, 0) is 55.9 Å². The van der Waals surface area contributed by atoms with Crippen LogP contribution in [-0.2, 0) is 17.5 Å². The molecule has 0 unspecified atom stereocenters. The van der Waals surface area contributed by atoms with Crippen LogP contribution in [0.4, 0.5) is 28.9 Å². The molecule has 9 nitrogen and oxygen atoms in total. The van der Waals surface area contributed by atoms with Gasteiger partial charge in [0, 0.05) is 66.6 Å². The van der Waals surface area contributed by atoms with E-state index < -0.39 is 23.5 Å². The first-order chi connectivity index (χ1) is 20.0. The zero-order valence-corrected chi connectivity index (χ0v) is 23.1. The van der Waals surface area contributed by atoms with E-state index in [4.69, 9.17) is 4.74 Å². The minimum Gasteiger partial charge on any atom is -0.383 e. The number of pyridine rings is 1. The zero-order valence-electron chi connectivity index (χ0n) is 23.1. The van der Waals surface area contributed by atoms with Crippen molar-refractivity contribution in [3.8, 4) is 0 Å². The number of nitrogens with one attached hydrogen (secondary N) is 4. The molecule has 13 heteroatoms. The standard InChI is InChI=1S/C29H29F4N7O2/c1-17-4-5-19(12-25(17)40-16-24(37-38-40)20-10-18-6-7-34-27(18)35-14-20)28(41)36-22-11-21(15-39(2)8-9-42-3)26(30)23(13-22)29(31,32)33/h4-7,10-14,16,37-38H,8-9,15H2,1-3H3,(H,34,35)(H,36,41). The number of H-pyrrole nitrogens is 1. The van der Waals surface area contributed by atoms with Crippen LogP contribution in [0.2, 0.25) is 0 Å². The average Bonchev–Trinajstić information content (AvgIpc) is 3.63. The third kappa shape index (κ3) is 6.22. The molecule has 0 atom stereocenters. The number of aromatic amines is 1. The fourth-order valence-corrected chi connectivity index (χ4v) is 4.59. The number of hydrogen-bond donors (Lipinski definition) is 4. The summed E-state index contributed by atoms with van der Waals surface area (Å²) >= 11 is 0. The molecule has 4 N–H and O–H groups in total. The number of ether oxygens (including phenoxy) is 1. The summed E-state index contributed by atoms with van der Waals surface area (Å²) in [5, 5.41) is 5.15. The van der Waals surface area contributed by atoms with Crippen LogP contribution in [0, 0.1) is 12.7 Å². The van der Waals surface area contributed by atoms with E-state index in [2.05, 4.69) is 26.2 Å². The van der Waals surface area contributed by atoms with E-state index in [1.165, 1.54) is 13.2 Å². The van der Waals surface area contributed by atoms with E-state index in [1.54, 1.807) is 47.5 Å². The van der Waals surface area contributed by atoms with Gasteiger partial charge in [0.15, 0.2) is 0 Å². The van der Waals surface area contributed by atoms with Gasteiger partial charge in [0.25, 0.3) is 5.91 Å². The van der Waals surface area contributed by atoms with Crippen molar-refractivity contribution in [2.24, 2.45) is 0 Å². The molecule has 5 rings (SSSR count). The molecular weight excluding hydrogens is 554 g/mol. The Hall–Kier alpha value is -4.46. The molecule has 0 bridgehead atoms. The third-order valence-corrected chi connectivity index (χ3v) is 6.84. The number of halogens is 4. The summed E-state index contributed by atoms with van der Waals surface area (Å²) in [6, 6.07) is 10.6. The second-order valence-corrected chi connectivity index (χ2v) is 9.97. The summed E-state index contributed by atoms with van der Waals surface area (Å²) in [6.07, 6.45) is 0.393. The molecule has 3 heterocycles. The Bertz CT molecular complexity index is 1650. The number of benzene rings is 2. The number of amides is 1. The summed E-state index contributed by atoms with van der Waals surface area (Å²) < 4.78 is 60.9. The SMILES string of the molecule is COCCN(C)Cc1cc(NC(=O)c2ccc(C)c(N3C=C(c4cnc5[nH]ccc5c4)NN3)c2)cc(C(F)(F)F)c1F. The number of hydrogen-bond acceptors (Lipinski definition) is 7. The van der Waals surface area contributed by atoms with Gasteiger partial charge in [-0.2, -0.15) is 13.2 Å². The zero-order chi connectivity index (χ0) is 30.0. The highest BCUT2D eigenvalue weighted by Crippen LogP contribution is 2.35. The molecule has 1 aliphatic heterocycles. The maximum absolute atomic E-state index is 14.9. The number of nitrogens with zero attached hydrogens (tertiary/aromatic N) is 3. The highest BCUT2D eigenvalue weighted by molar-refractivity contribution is 6.05. The van der Waals surface area contributed by atoms with E-state index >= 15 is 0 Å². The molecule has 0 saturated carbocycles. The molecule has 0 aliphatic carbocycles. The quantitative estimate of drug-likeness (QED) is 0.202. The molecule has 42 heavy (non-hydrogen) atoms. The van der Waals surface area contributed by atoms with Crippen molar-refractivity contribution in [1.82, 2.24) is 25.8 Å². The normalized spacial score (nSPS) is 13.5. The maximum atomic E-state index is 14.9. The van der Waals surface area contributed by atoms with Crippen molar-refractivity contribution in [3.63, 3.8) is 0 Å². The number of carbonyl (C=O) groups excluding carboxylic acids is 1. The van der Waals surface area contributed by atoms with E-state index in [-0.39, 0.29) is 23.4 Å². The Labute approximate surface area is 239 Å². The van der Waals surface area contributed by atoms with Gasteiger partial charge < -0.3 is 20.5 Å². The molecule has 0 radical (unpaired) electrons. The number of aromatic nitrogens is 2. The number of rotatable bonds is 9. The first kappa shape index (κ1) is 29.0. The number of fused-ring (bicyclic) bond motifs is 1. The number of alkyl halides is 3. The second kappa shape index (κ2) is 11.8. The topological polar surface area (TPSA) is 97.6 Å². The first-order valence-electron chi connectivity index (χ1n) is 13.0. The average molecular weight is 584 g/mol. The van der Waals surface area contributed by atoms with Gasteiger partial charge in [-0.15, -0.1) is 5.53 Å². The number of aryl methyl sites for hydroxylation is 1. The molecular formula is C29H29F4N7O2. The van der Waals surface area contributed by atoms with Crippen LogP contribution in [0.5, 0.6) is 0 Å². The van der Waals surface area contributed by atoms with Gasteiger partial charge in [-0.3, -0.25) is 14.7 Å². The summed E-state index contributed by atoms with van der Waals surface area (Å²) in [5.74, 6) is -2.02. The van der Waals surface area contributed by atoms with Gasteiger partial charge in [-0.1, -0.05) is 6.07 Å². The summed E-state index contributed by atoms with van der Waals surface area (Å²) in [6.45, 7) is 2.46. The predicted octanol–water partition coefficient (Wildman–Crippen LogP) is 5.19. The maximum Gasteiger partial charge on any atom is 0.419 e. The summed E-state index contributed by atoms with van der Waals surface area (Å²) in [4.78, 5) is 22.3. The molecule has 2 aromatic carbocycles. The lowest BCUT2D eigenvalue weighted by Gasteiger charge is -2.20. The fraction of sp³-hybridized carbons (Fsp3) is 0.241. The lowest BCUT2D eigenvalue weighted by atomic mass is 10.1. The number of anilines is 2. The van der Waals surface area contributed by atoms with Crippen molar-refractivity contribution in [3.05, 3.63) is 94.7 Å². The van der Waals surface area contributed by atoms with E-state index in [0.29, 0.717) is 24.9 Å². The molecule has 0 saturated heterocycles. The van der Waals surface area contributed by atoms with Crippen molar-refractivity contribution >= 4 is 34.0 Å². The van der Waals surface area contributed by atoms with E-state index in [1.807, 2.05) is 25.3 Å². The van der Waals surface area contributed by atoms with Crippen LogP contribution in [-0.4, -0.2) is 48.1 Å². The largest absolute Gasteiger partial charge is 0.419 e.